The second-order valence-electron chi connectivity index (χ2n) is 10.0. The van der Waals surface area contributed by atoms with Gasteiger partial charge in [0, 0.05) is 68.0 Å². The predicted octanol–water partition coefficient (Wildman–Crippen LogP) is 4.68. The molecule has 13 nitrogen and oxygen atoms in total. The van der Waals surface area contributed by atoms with Gasteiger partial charge in [-0.05, 0) is 52.5 Å². The quantitative estimate of drug-likeness (QED) is 0.130. The first kappa shape index (κ1) is 44.5. The molecule has 2 heterocycles. The van der Waals surface area contributed by atoms with Gasteiger partial charge in [0.05, 0.1) is 25.6 Å². The Balaban J connectivity index is 0.000000756. The van der Waals surface area contributed by atoms with Crippen molar-refractivity contribution in [2.24, 2.45) is 5.73 Å². The smallest absolute Gasteiger partial charge is 0.320 e. The number of aromatic nitrogens is 4. The Morgan fingerprint density at radius 1 is 0.833 bits per heavy atom. The number of nitrogen functional groups attached to an aromatic ring is 1. The van der Waals surface area contributed by atoms with Crippen LogP contribution in [0.4, 0.5) is 16.4 Å². The van der Waals surface area contributed by atoms with Crippen molar-refractivity contribution < 1.29 is 32.8 Å². The van der Waals surface area contributed by atoms with Crippen LogP contribution in [0.15, 0.2) is 73.3 Å². The fourth-order valence-electron chi connectivity index (χ4n) is 3.62. The molecule has 2 aromatic carbocycles. The van der Waals surface area contributed by atoms with Gasteiger partial charge < -0.3 is 58.6 Å². The van der Waals surface area contributed by atoms with Gasteiger partial charge in [-0.15, -0.1) is 0 Å². The van der Waals surface area contributed by atoms with Gasteiger partial charge in [-0.25, -0.2) is 24.7 Å². The van der Waals surface area contributed by atoms with E-state index in [1.807, 2.05) is 93.0 Å². The average molecular weight is 811 g/mol. The molecule has 0 fully saturated rings. The molecule has 2 aromatic heterocycles. The summed E-state index contributed by atoms with van der Waals surface area (Å²) >= 11 is 2.16. The van der Waals surface area contributed by atoms with Gasteiger partial charge >= 0.3 is 6.03 Å². The Bertz CT molecular complexity index is 1450. The predicted molar refractivity (Wildman–Crippen MR) is 200 cm³/mol. The van der Waals surface area contributed by atoms with Crippen molar-refractivity contribution >= 4 is 40.3 Å². The second-order valence-corrected chi connectivity index (χ2v) is 11.3. The number of benzene rings is 2. The third-order valence-electron chi connectivity index (χ3n) is 5.78. The molecule has 4 aromatic rings. The fraction of sp³-hybridized carbons (Fsp3) is 0.333. The van der Waals surface area contributed by atoms with E-state index in [-0.39, 0.29) is 24.6 Å². The van der Waals surface area contributed by atoms with E-state index >= 15 is 0 Å². The first-order valence-electron chi connectivity index (χ1n) is 14.7. The number of anilines is 2. The second kappa shape index (κ2) is 26.4. The van der Waals surface area contributed by atoms with Crippen LogP contribution in [0.5, 0.6) is 11.5 Å². The van der Waals surface area contributed by atoms with Gasteiger partial charge in [0.15, 0.2) is 0 Å². The van der Waals surface area contributed by atoms with Crippen LogP contribution in [0, 0.1) is 4.43 Å². The van der Waals surface area contributed by atoms with Gasteiger partial charge in [-0.1, -0.05) is 24.3 Å². The number of carbonyl (C=O) groups is 1. The summed E-state index contributed by atoms with van der Waals surface area (Å²) < 4.78 is 12.5. The van der Waals surface area contributed by atoms with E-state index in [1.165, 1.54) is 12.7 Å². The van der Waals surface area contributed by atoms with E-state index in [0.717, 1.165) is 42.2 Å². The normalized spacial score (nSPS) is 9.73. The van der Waals surface area contributed by atoms with Gasteiger partial charge in [-0.3, -0.25) is 9.74 Å². The fourth-order valence-corrected chi connectivity index (χ4v) is 3.62. The average Bonchev–Trinajstić information content (AvgIpc) is 3.05. The van der Waals surface area contributed by atoms with Crippen molar-refractivity contribution in [3.05, 3.63) is 77.7 Å². The summed E-state index contributed by atoms with van der Waals surface area (Å²) in [5.41, 5.74) is 14.0. The third-order valence-corrected chi connectivity index (χ3v) is 5.78. The number of urea groups is 1. The Kier molecular flexibility index (Phi) is 24.5. The molecule has 0 saturated heterocycles. The molecule has 0 saturated carbocycles. The number of rotatable bonds is 10. The summed E-state index contributed by atoms with van der Waals surface area (Å²) in [7, 11) is 11.1. The van der Waals surface area contributed by atoms with Crippen LogP contribution in [0.2, 0.25) is 0 Å². The van der Waals surface area contributed by atoms with Crippen LogP contribution in [0.25, 0.3) is 22.5 Å². The molecule has 1 radical (unpaired) electrons. The molecule has 0 spiro atoms. The number of hydrogen-bond donors (Lipinski definition) is 4. The minimum Gasteiger partial charge on any atom is -0.496 e. The van der Waals surface area contributed by atoms with Gasteiger partial charge in [0.25, 0.3) is 0 Å². The number of para-hydroxylation sites is 2. The maximum Gasteiger partial charge on any atom is 0.320 e. The minimum atomic E-state index is -0.295. The first-order chi connectivity index (χ1) is 22.6. The van der Waals surface area contributed by atoms with E-state index in [0.29, 0.717) is 29.6 Å². The number of hydrogen-bond acceptors (Lipinski definition) is 11. The Hall–Kier alpha value is -3.54. The number of ether oxygens (including phenoxy) is 2. The number of nitrogens with zero attached hydrogens (tertiary/aromatic N) is 6. The summed E-state index contributed by atoms with van der Waals surface area (Å²) in [4.78, 5) is 32.2. The Morgan fingerprint density at radius 2 is 1.31 bits per heavy atom. The maximum atomic E-state index is 11.8. The number of nitrogens with two attached hydrogens (primary N) is 2. The third kappa shape index (κ3) is 18.1. The van der Waals surface area contributed by atoms with E-state index in [4.69, 9.17) is 20.9 Å². The van der Waals surface area contributed by atoms with Crippen molar-refractivity contribution in [1.82, 2.24) is 35.1 Å². The minimum absolute atomic E-state index is 0. The topological polar surface area (TPSA) is 170 Å². The summed E-state index contributed by atoms with van der Waals surface area (Å²) in [5.74, 6) is 2.37. The van der Waals surface area contributed by atoms with E-state index < -0.39 is 0 Å². The SMILES string of the molecule is CN(C)CCN.COc1ccccc1-c1cc(N)ncn1.COc1ccccc1-c1cc(NC(=O)NCCN(C)C)ncn1.C[CH-]I.[V]. The molecular formula is C33H48IN10O3V-. The molecule has 0 atom stereocenters. The monoisotopic (exact) mass is 810 g/mol. The number of nitrogens with one attached hydrogen (secondary N) is 2. The van der Waals surface area contributed by atoms with Crippen molar-refractivity contribution in [1.29, 1.82) is 0 Å². The molecule has 261 valence electrons. The van der Waals surface area contributed by atoms with Crippen LogP contribution in [0.3, 0.4) is 0 Å². The van der Waals surface area contributed by atoms with Gasteiger partial charge in [0.2, 0.25) is 0 Å². The number of amides is 2. The van der Waals surface area contributed by atoms with Crippen LogP contribution in [-0.2, 0) is 18.6 Å². The molecule has 0 aliphatic rings. The Morgan fingerprint density at radius 3 is 1.75 bits per heavy atom. The van der Waals surface area contributed by atoms with E-state index in [1.54, 1.807) is 26.4 Å². The van der Waals surface area contributed by atoms with Crippen molar-refractivity contribution in [2.45, 2.75) is 6.92 Å². The molecule has 6 N–H and O–H groups in total. The summed E-state index contributed by atoms with van der Waals surface area (Å²) in [5, 5.41) is 5.47. The van der Waals surface area contributed by atoms with Gasteiger partial charge in [-0.2, -0.15) is 6.92 Å². The van der Waals surface area contributed by atoms with E-state index in [9.17, 15) is 4.79 Å². The zero-order valence-electron chi connectivity index (χ0n) is 28.7. The van der Waals surface area contributed by atoms with Gasteiger partial charge in [0.1, 0.15) is 35.8 Å². The molecule has 48 heavy (non-hydrogen) atoms. The molecule has 0 bridgehead atoms. The maximum absolute atomic E-state index is 11.8. The van der Waals surface area contributed by atoms with Crippen LogP contribution in [0.1, 0.15) is 6.92 Å². The molecular weight excluding hydrogens is 762 g/mol. The number of likely N-dealkylation sites (N-methyl/N-ethyl adjacent to an activating group) is 2. The van der Waals surface area contributed by atoms with Crippen LogP contribution < -0.4 is 31.6 Å². The van der Waals surface area contributed by atoms with Crippen LogP contribution >= 0.6 is 22.6 Å². The number of halogens is 1. The van der Waals surface area contributed by atoms with Crippen molar-refractivity contribution in [3.63, 3.8) is 0 Å². The zero-order valence-corrected chi connectivity index (χ0v) is 32.3. The molecule has 0 unspecified atom stereocenters. The Labute approximate surface area is 310 Å². The summed E-state index contributed by atoms with van der Waals surface area (Å²) in [6.07, 6.45) is 2.86. The first-order valence-corrected chi connectivity index (χ1v) is 15.9. The molecule has 2 amide bonds. The summed E-state index contributed by atoms with van der Waals surface area (Å²) in [6.45, 7) is 5.06. The van der Waals surface area contributed by atoms with E-state index in [2.05, 4.69) is 58.1 Å². The zero-order chi connectivity index (χ0) is 35.0. The number of methoxy groups -OCH3 is 2. The summed E-state index contributed by atoms with van der Waals surface area (Å²) in [6, 6.07) is 18.3. The molecule has 0 aliphatic heterocycles. The molecule has 15 heteroatoms. The largest absolute Gasteiger partial charge is 0.496 e. The van der Waals surface area contributed by atoms with Crippen molar-refractivity contribution in [3.8, 4) is 34.0 Å². The van der Waals surface area contributed by atoms with Crippen LogP contribution in [-0.4, -0.2) is 104 Å². The number of carbonyl (C=O) groups excluding carboxylic acids is 1. The standard InChI is InChI=1S/C16H21N5O2.C11H11N3O.C4H12N2.C2H4I.V/c1-21(2)9-8-17-16(22)20-15-10-13(18-11-19-15)12-6-4-5-7-14(12)23-3;1-15-10-5-3-2-4-8(10)9-6-11(12)14-7-13-9;1-6(2)4-3-5;1-2-3;/h4-7,10-11H,8-9H2,1-3H3,(H2,17,18,19,20,22);2-7H,1H3,(H2,12,13,14);3-5H2,1-2H3;2H,1H3;/q;;;-1;. The molecule has 4 rings (SSSR count). The van der Waals surface area contributed by atoms with Crippen molar-refractivity contribution in [2.75, 3.05) is 79.6 Å². The molecule has 0 aliphatic carbocycles.